The van der Waals surface area contributed by atoms with Gasteiger partial charge in [0.15, 0.2) is 24.7 Å². The number of aromatic nitrogens is 1. The van der Waals surface area contributed by atoms with Crippen molar-refractivity contribution in [1.29, 1.82) is 0 Å². The Kier molecular flexibility index (Phi) is 7.68. The molecule has 9 heteroatoms. The van der Waals surface area contributed by atoms with Gasteiger partial charge >= 0.3 is 0 Å². The molecule has 1 aromatic heterocycles. The second-order valence-electron chi connectivity index (χ2n) is 8.53. The van der Waals surface area contributed by atoms with Crippen LogP contribution in [-0.4, -0.2) is 41.8 Å². The number of aryl methyl sites for hydroxylation is 1. The van der Waals surface area contributed by atoms with E-state index < -0.39 is 0 Å². The fourth-order valence-electron chi connectivity index (χ4n) is 3.74. The van der Waals surface area contributed by atoms with Crippen LogP contribution in [0, 0.1) is 0 Å². The Hall–Kier alpha value is -4.14. The summed E-state index contributed by atoms with van der Waals surface area (Å²) in [6.07, 6.45) is 2.84. The Morgan fingerprint density at radius 3 is 2.78 bits per heavy atom. The maximum Gasteiger partial charge on any atom is 0.273 e. The first-order chi connectivity index (χ1) is 17.4. The van der Waals surface area contributed by atoms with Crippen LogP contribution in [0.5, 0.6) is 11.5 Å². The van der Waals surface area contributed by atoms with Gasteiger partial charge < -0.3 is 19.2 Å². The van der Waals surface area contributed by atoms with Crippen LogP contribution in [-0.2, 0) is 17.8 Å². The fourth-order valence-corrected chi connectivity index (χ4v) is 3.74. The molecule has 36 heavy (non-hydrogen) atoms. The third kappa shape index (κ3) is 5.56. The van der Waals surface area contributed by atoms with Gasteiger partial charge in [-0.2, -0.15) is 0 Å². The Balaban J connectivity index is 1.50. The number of carbonyl (C=O) groups excluding carboxylic acids is 3. The molecule has 2 amide bonds. The zero-order valence-electron chi connectivity index (χ0n) is 20.6. The Bertz CT molecular complexity index is 1270. The lowest BCUT2D eigenvalue weighted by Crippen LogP contribution is -2.38. The lowest BCUT2D eigenvalue weighted by molar-refractivity contribution is -0.121. The molecule has 1 unspecified atom stereocenters. The van der Waals surface area contributed by atoms with Crippen LogP contribution < -0.4 is 19.7 Å². The van der Waals surface area contributed by atoms with Crippen molar-refractivity contribution in [2.45, 2.75) is 46.2 Å². The van der Waals surface area contributed by atoms with E-state index >= 15 is 0 Å². The molecule has 2 aromatic carbocycles. The predicted molar refractivity (Wildman–Crippen MR) is 132 cm³/mol. The first-order valence-electron chi connectivity index (χ1n) is 12.0. The summed E-state index contributed by atoms with van der Waals surface area (Å²) < 4.78 is 16.8. The Labute approximate surface area is 209 Å². The van der Waals surface area contributed by atoms with Gasteiger partial charge in [-0.1, -0.05) is 32.0 Å². The van der Waals surface area contributed by atoms with E-state index in [-0.39, 0.29) is 55.0 Å². The molecule has 4 rings (SSSR count). The van der Waals surface area contributed by atoms with E-state index in [2.05, 4.69) is 10.3 Å². The molecule has 9 nitrogen and oxygen atoms in total. The average molecular weight is 492 g/mol. The molecule has 2 heterocycles. The van der Waals surface area contributed by atoms with Crippen molar-refractivity contribution < 1.29 is 28.3 Å². The number of hydrogen-bond donors (Lipinski definition) is 1. The second kappa shape index (κ2) is 11.1. The van der Waals surface area contributed by atoms with E-state index in [0.717, 1.165) is 18.4 Å². The third-order valence-corrected chi connectivity index (χ3v) is 6.00. The molecule has 1 N–H and O–H groups in total. The minimum atomic E-state index is -0.342. The highest BCUT2D eigenvalue weighted by Gasteiger charge is 2.28. The summed E-state index contributed by atoms with van der Waals surface area (Å²) in [4.78, 5) is 43.6. The van der Waals surface area contributed by atoms with E-state index in [1.54, 1.807) is 18.2 Å². The molecule has 3 aromatic rings. The molecule has 0 fully saturated rings. The van der Waals surface area contributed by atoms with Crippen LogP contribution in [0.3, 0.4) is 0 Å². The fraction of sp³-hybridized carbons (Fsp3) is 0.333. The molecule has 1 aliphatic heterocycles. The van der Waals surface area contributed by atoms with Crippen molar-refractivity contribution in [2.75, 3.05) is 18.1 Å². The summed E-state index contributed by atoms with van der Waals surface area (Å²) in [5.41, 5.74) is 1.96. The normalized spacial score (nSPS) is 13.5. The molecule has 0 aliphatic carbocycles. The minimum absolute atomic E-state index is 0.000683. The van der Waals surface area contributed by atoms with Gasteiger partial charge in [0.25, 0.3) is 11.8 Å². The standard InChI is InChI=1S/C27H29N3O6/c1-4-17(3)28-27(33)20-14-36-25(29-20)13-30-21-12-19(10-11-24(21)35-16-26(30)32)22(31)15-34-23-9-7-6-8-18(23)5-2/h6-12,14,17H,4-5,13,15-16H2,1-3H3,(H,28,33). The van der Waals surface area contributed by atoms with E-state index in [9.17, 15) is 14.4 Å². The van der Waals surface area contributed by atoms with E-state index in [1.807, 2.05) is 45.0 Å². The van der Waals surface area contributed by atoms with Crippen LogP contribution in [0.4, 0.5) is 5.69 Å². The third-order valence-electron chi connectivity index (χ3n) is 6.00. The maximum atomic E-state index is 12.9. The van der Waals surface area contributed by atoms with Gasteiger partial charge in [0.1, 0.15) is 24.3 Å². The molecule has 0 spiro atoms. The summed E-state index contributed by atoms with van der Waals surface area (Å²) in [5, 5.41) is 2.83. The van der Waals surface area contributed by atoms with Crippen molar-refractivity contribution in [3.8, 4) is 11.5 Å². The highest BCUT2D eigenvalue weighted by molar-refractivity contribution is 6.02. The molecule has 188 valence electrons. The second-order valence-corrected chi connectivity index (χ2v) is 8.53. The number of benzene rings is 2. The van der Waals surface area contributed by atoms with Gasteiger partial charge in [-0.05, 0) is 49.6 Å². The number of fused-ring (bicyclic) bond motifs is 1. The van der Waals surface area contributed by atoms with Gasteiger partial charge in [0.2, 0.25) is 5.89 Å². The number of anilines is 1. The molecule has 0 saturated heterocycles. The quantitative estimate of drug-likeness (QED) is 0.428. The molecule has 1 atom stereocenters. The highest BCUT2D eigenvalue weighted by Crippen LogP contribution is 2.34. The molecule has 1 aliphatic rings. The zero-order valence-corrected chi connectivity index (χ0v) is 20.6. The molecule has 0 radical (unpaired) electrons. The van der Waals surface area contributed by atoms with E-state index in [4.69, 9.17) is 13.9 Å². The van der Waals surface area contributed by atoms with Crippen molar-refractivity contribution in [1.82, 2.24) is 10.3 Å². The predicted octanol–water partition coefficient (Wildman–Crippen LogP) is 3.95. The summed E-state index contributed by atoms with van der Waals surface area (Å²) in [6, 6.07) is 12.5. The zero-order chi connectivity index (χ0) is 25.7. The van der Waals surface area contributed by atoms with Crippen molar-refractivity contribution in [3.05, 3.63) is 71.4 Å². The van der Waals surface area contributed by atoms with Gasteiger partial charge in [0.05, 0.1) is 5.69 Å². The van der Waals surface area contributed by atoms with Crippen LogP contribution in [0.1, 0.15) is 59.5 Å². The van der Waals surface area contributed by atoms with Crippen molar-refractivity contribution >= 4 is 23.3 Å². The number of para-hydroxylation sites is 1. The van der Waals surface area contributed by atoms with Crippen LogP contribution >= 0.6 is 0 Å². The minimum Gasteiger partial charge on any atom is -0.485 e. The van der Waals surface area contributed by atoms with Gasteiger partial charge in [0, 0.05) is 11.6 Å². The summed E-state index contributed by atoms with van der Waals surface area (Å²) in [5.74, 6) is 0.436. The number of amides is 2. The first-order valence-corrected chi connectivity index (χ1v) is 12.0. The lowest BCUT2D eigenvalue weighted by Gasteiger charge is -2.28. The maximum absolute atomic E-state index is 12.9. The highest BCUT2D eigenvalue weighted by atomic mass is 16.5. The largest absolute Gasteiger partial charge is 0.485 e. The molecule has 0 saturated carbocycles. The molecule has 0 bridgehead atoms. The molecular formula is C27H29N3O6. The number of carbonyl (C=O) groups is 3. The number of Topliss-reactive ketones (excluding diaryl/α,β-unsaturated/α-hetero) is 1. The number of ketones is 1. The first kappa shape index (κ1) is 25.0. The van der Waals surface area contributed by atoms with Gasteiger partial charge in [-0.25, -0.2) is 4.98 Å². The number of nitrogens with zero attached hydrogens (tertiary/aromatic N) is 2. The van der Waals surface area contributed by atoms with Gasteiger partial charge in [-0.15, -0.1) is 0 Å². The molecular weight excluding hydrogens is 462 g/mol. The lowest BCUT2D eigenvalue weighted by atomic mass is 10.1. The number of ether oxygens (including phenoxy) is 2. The summed E-state index contributed by atoms with van der Waals surface area (Å²) in [7, 11) is 0. The number of hydrogen-bond acceptors (Lipinski definition) is 7. The van der Waals surface area contributed by atoms with E-state index in [0.29, 0.717) is 22.7 Å². The van der Waals surface area contributed by atoms with E-state index in [1.165, 1.54) is 11.2 Å². The summed E-state index contributed by atoms with van der Waals surface area (Å²) in [6.45, 7) is 5.58. The van der Waals surface area contributed by atoms with Crippen molar-refractivity contribution in [3.63, 3.8) is 0 Å². The van der Waals surface area contributed by atoms with Crippen LogP contribution in [0.25, 0.3) is 0 Å². The summed E-state index contributed by atoms with van der Waals surface area (Å²) >= 11 is 0. The number of nitrogens with one attached hydrogen (secondary N) is 1. The average Bonchev–Trinajstić information content (AvgIpc) is 3.37. The Morgan fingerprint density at radius 1 is 1.19 bits per heavy atom. The SMILES string of the molecule is CCc1ccccc1OCC(=O)c1ccc2c(c1)N(Cc1nc(C(=O)NC(C)CC)co1)C(=O)CO2. The smallest absolute Gasteiger partial charge is 0.273 e. The van der Waals surface area contributed by atoms with Crippen LogP contribution in [0.15, 0.2) is 53.1 Å². The number of rotatable bonds is 10. The van der Waals surface area contributed by atoms with Crippen LogP contribution in [0.2, 0.25) is 0 Å². The monoisotopic (exact) mass is 491 g/mol. The Morgan fingerprint density at radius 2 is 2.00 bits per heavy atom. The number of oxazole rings is 1. The van der Waals surface area contributed by atoms with Crippen molar-refractivity contribution in [2.24, 2.45) is 0 Å². The van der Waals surface area contributed by atoms with Gasteiger partial charge in [-0.3, -0.25) is 19.3 Å². The topological polar surface area (TPSA) is 111 Å².